The smallest absolute Gasteiger partial charge is 0.386 e. The lowest BCUT2D eigenvalue weighted by molar-refractivity contribution is -0.137. The van der Waals surface area contributed by atoms with Crippen molar-refractivity contribution in [3.63, 3.8) is 0 Å². The van der Waals surface area contributed by atoms with Crippen LogP contribution < -0.4 is 5.32 Å². The van der Waals surface area contributed by atoms with E-state index < -0.39 is 45.0 Å². The van der Waals surface area contributed by atoms with Crippen LogP contribution in [0.4, 0.5) is 23.2 Å². The number of para-hydroxylation sites is 1. The van der Waals surface area contributed by atoms with Gasteiger partial charge in [-0.2, -0.15) is 17.5 Å². The number of oxime groups is 1. The Morgan fingerprint density at radius 3 is 2.44 bits per heavy atom. The summed E-state index contributed by atoms with van der Waals surface area (Å²) in [6.45, 7) is -0.464. The number of carbonyl (C=O) groups is 1. The zero-order valence-electron chi connectivity index (χ0n) is 16.6. The molecule has 1 fully saturated rings. The van der Waals surface area contributed by atoms with Gasteiger partial charge in [0.05, 0.1) is 21.9 Å². The first-order chi connectivity index (χ1) is 15.1. The molecule has 172 valence electrons. The van der Waals surface area contributed by atoms with Crippen molar-refractivity contribution in [1.82, 2.24) is 4.31 Å². The number of benzene rings is 2. The summed E-state index contributed by atoms with van der Waals surface area (Å²) in [6.07, 6.45) is -4.27. The van der Waals surface area contributed by atoms with E-state index in [1.165, 1.54) is 18.2 Å². The minimum absolute atomic E-state index is 0.00172. The molecule has 1 heterocycles. The van der Waals surface area contributed by atoms with Crippen molar-refractivity contribution in [1.29, 1.82) is 0 Å². The Labute approximate surface area is 181 Å². The second kappa shape index (κ2) is 9.65. The van der Waals surface area contributed by atoms with E-state index in [2.05, 4.69) is 10.5 Å². The van der Waals surface area contributed by atoms with Gasteiger partial charge in [-0.25, -0.2) is 12.8 Å². The monoisotopic (exact) mass is 473 g/mol. The summed E-state index contributed by atoms with van der Waals surface area (Å²) in [6, 6.07) is 9.19. The highest BCUT2D eigenvalue weighted by Crippen LogP contribution is 2.31. The molecule has 0 atom stereocenters. The van der Waals surface area contributed by atoms with Gasteiger partial charge in [-0.3, -0.25) is 4.79 Å². The van der Waals surface area contributed by atoms with E-state index >= 15 is 0 Å². The highest BCUT2D eigenvalue weighted by Gasteiger charge is 2.33. The maximum absolute atomic E-state index is 13.5. The second-order valence-corrected chi connectivity index (χ2v) is 8.83. The van der Waals surface area contributed by atoms with Crippen molar-refractivity contribution in [2.24, 2.45) is 5.16 Å². The SMILES string of the molecule is O=C(CON=C1CCN(S(=O)(=O)c2cccc(C(F)(F)F)c2)CC1)Nc1ccccc1F. The van der Waals surface area contributed by atoms with Gasteiger partial charge in [0.25, 0.3) is 5.91 Å². The Morgan fingerprint density at radius 2 is 1.78 bits per heavy atom. The predicted octanol–water partition coefficient (Wildman–Crippen LogP) is 3.64. The molecule has 1 saturated heterocycles. The number of carbonyl (C=O) groups excluding carboxylic acids is 1. The third-order valence-corrected chi connectivity index (χ3v) is 6.53. The molecule has 7 nitrogen and oxygen atoms in total. The van der Waals surface area contributed by atoms with Crippen LogP contribution in [0.25, 0.3) is 0 Å². The van der Waals surface area contributed by atoms with E-state index in [1.807, 2.05) is 0 Å². The van der Waals surface area contributed by atoms with Gasteiger partial charge in [0.1, 0.15) is 5.82 Å². The maximum atomic E-state index is 13.5. The predicted molar refractivity (Wildman–Crippen MR) is 108 cm³/mol. The minimum Gasteiger partial charge on any atom is -0.386 e. The molecule has 0 unspecified atom stereocenters. The molecule has 1 aliphatic heterocycles. The fourth-order valence-corrected chi connectivity index (χ4v) is 4.48. The summed E-state index contributed by atoms with van der Waals surface area (Å²) in [5.74, 6) is -1.22. The average Bonchev–Trinajstić information content (AvgIpc) is 2.75. The Hall–Kier alpha value is -2.99. The van der Waals surface area contributed by atoms with E-state index in [9.17, 15) is 30.8 Å². The number of nitrogens with one attached hydrogen (secondary N) is 1. The van der Waals surface area contributed by atoms with Crippen molar-refractivity contribution in [3.05, 3.63) is 59.9 Å². The zero-order valence-corrected chi connectivity index (χ0v) is 17.4. The number of sulfonamides is 1. The summed E-state index contributed by atoms with van der Waals surface area (Å²) < 4.78 is 78.6. The van der Waals surface area contributed by atoms with Crippen LogP contribution in [0, 0.1) is 5.82 Å². The normalized spacial score (nSPS) is 15.3. The Bertz CT molecular complexity index is 1110. The molecule has 0 bridgehead atoms. The topological polar surface area (TPSA) is 88.1 Å². The average molecular weight is 473 g/mol. The lowest BCUT2D eigenvalue weighted by atomic mass is 10.1. The van der Waals surface area contributed by atoms with Gasteiger partial charge in [-0.1, -0.05) is 23.4 Å². The Balaban J connectivity index is 1.54. The quantitative estimate of drug-likeness (QED) is 0.513. The number of anilines is 1. The molecule has 0 saturated carbocycles. The fraction of sp³-hybridized carbons (Fsp3) is 0.300. The second-order valence-electron chi connectivity index (χ2n) is 6.89. The Morgan fingerprint density at radius 1 is 1.09 bits per heavy atom. The molecular formula is C20H19F4N3O4S. The van der Waals surface area contributed by atoms with Gasteiger partial charge < -0.3 is 10.2 Å². The van der Waals surface area contributed by atoms with Gasteiger partial charge in [0, 0.05) is 25.9 Å². The molecule has 2 aromatic carbocycles. The highest BCUT2D eigenvalue weighted by molar-refractivity contribution is 7.89. The van der Waals surface area contributed by atoms with Gasteiger partial charge in [0.15, 0.2) is 6.61 Å². The number of nitrogens with zero attached hydrogens (tertiary/aromatic N) is 2. The number of hydrogen-bond acceptors (Lipinski definition) is 5. The molecule has 1 aliphatic rings. The standard InChI is InChI=1S/C20H19F4N3O4S/c21-17-6-1-2-7-18(17)25-19(28)13-31-26-15-8-10-27(11-9-15)32(29,30)16-5-3-4-14(12-16)20(22,23)24/h1-7,12H,8-11,13H2,(H,25,28). The van der Waals surface area contributed by atoms with Crippen LogP contribution in [0.2, 0.25) is 0 Å². The van der Waals surface area contributed by atoms with E-state index in [4.69, 9.17) is 4.84 Å². The van der Waals surface area contributed by atoms with E-state index in [1.54, 1.807) is 6.07 Å². The van der Waals surface area contributed by atoms with E-state index in [0.29, 0.717) is 11.8 Å². The van der Waals surface area contributed by atoms with Crippen molar-refractivity contribution in [2.75, 3.05) is 25.0 Å². The minimum atomic E-state index is -4.65. The number of amides is 1. The number of halogens is 4. The molecule has 3 rings (SSSR count). The van der Waals surface area contributed by atoms with Gasteiger partial charge in [0.2, 0.25) is 10.0 Å². The van der Waals surface area contributed by atoms with Crippen LogP contribution in [0.3, 0.4) is 0 Å². The third kappa shape index (κ3) is 5.82. The number of rotatable bonds is 6. The summed E-state index contributed by atoms with van der Waals surface area (Å²) in [4.78, 5) is 16.3. The Kier molecular flexibility index (Phi) is 7.14. The van der Waals surface area contributed by atoms with Crippen LogP contribution in [-0.4, -0.2) is 44.0 Å². The number of hydrogen-bond donors (Lipinski definition) is 1. The van der Waals surface area contributed by atoms with Crippen LogP contribution in [0.15, 0.2) is 58.6 Å². The van der Waals surface area contributed by atoms with E-state index in [-0.39, 0.29) is 31.6 Å². The zero-order chi connectivity index (χ0) is 23.4. The first-order valence-electron chi connectivity index (χ1n) is 9.47. The number of alkyl halides is 3. The van der Waals surface area contributed by atoms with Crippen molar-refractivity contribution in [3.8, 4) is 0 Å². The summed E-state index contributed by atoms with van der Waals surface area (Å²) in [5, 5.41) is 6.15. The highest BCUT2D eigenvalue weighted by atomic mass is 32.2. The summed E-state index contributed by atoms with van der Waals surface area (Å²) in [5.41, 5.74) is -0.541. The molecule has 0 radical (unpaired) electrons. The fourth-order valence-electron chi connectivity index (χ4n) is 2.99. The lowest BCUT2D eigenvalue weighted by Gasteiger charge is -2.26. The molecule has 2 aromatic rings. The molecule has 12 heteroatoms. The van der Waals surface area contributed by atoms with Crippen LogP contribution >= 0.6 is 0 Å². The van der Waals surface area contributed by atoms with Crippen molar-refractivity contribution < 1.29 is 35.6 Å². The number of piperidine rings is 1. The van der Waals surface area contributed by atoms with Crippen LogP contribution in [0.1, 0.15) is 18.4 Å². The molecule has 1 N–H and O–H groups in total. The van der Waals surface area contributed by atoms with Gasteiger partial charge in [-0.05, 0) is 30.3 Å². The van der Waals surface area contributed by atoms with Gasteiger partial charge in [-0.15, -0.1) is 0 Å². The first kappa shape index (κ1) is 23.7. The molecule has 0 aromatic heterocycles. The third-order valence-electron chi connectivity index (χ3n) is 4.64. The summed E-state index contributed by atoms with van der Waals surface area (Å²) >= 11 is 0. The lowest BCUT2D eigenvalue weighted by Crippen LogP contribution is -2.38. The van der Waals surface area contributed by atoms with E-state index in [0.717, 1.165) is 22.5 Å². The largest absolute Gasteiger partial charge is 0.416 e. The molecule has 0 aliphatic carbocycles. The summed E-state index contributed by atoms with van der Waals surface area (Å²) in [7, 11) is -4.10. The van der Waals surface area contributed by atoms with Crippen LogP contribution in [-0.2, 0) is 25.8 Å². The molecule has 0 spiro atoms. The molecule has 32 heavy (non-hydrogen) atoms. The van der Waals surface area contributed by atoms with Crippen molar-refractivity contribution >= 4 is 27.3 Å². The molecular weight excluding hydrogens is 454 g/mol. The van der Waals surface area contributed by atoms with Gasteiger partial charge >= 0.3 is 6.18 Å². The van der Waals surface area contributed by atoms with Crippen LogP contribution in [0.5, 0.6) is 0 Å². The maximum Gasteiger partial charge on any atom is 0.416 e. The van der Waals surface area contributed by atoms with Crippen molar-refractivity contribution in [2.45, 2.75) is 23.9 Å². The first-order valence-corrected chi connectivity index (χ1v) is 10.9. The molecule has 1 amide bonds.